The maximum atomic E-state index is 12.9. The van der Waals surface area contributed by atoms with Gasteiger partial charge in [-0.25, -0.2) is 9.07 Å². The third kappa shape index (κ3) is 4.51. The number of tetrazole rings is 1. The maximum absolute atomic E-state index is 12.9. The van der Waals surface area contributed by atoms with Gasteiger partial charge in [0.05, 0.1) is 12.6 Å². The molecule has 4 rings (SSSR count). The first-order valence-corrected chi connectivity index (χ1v) is 9.32. The predicted octanol–water partition coefficient (Wildman–Crippen LogP) is 2.58. The number of aromatic nitrogens is 4. The minimum absolute atomic E-state index is 0.0936. The van der Waals surface area contributed by atoms with Crippen LogP contribution in [-0.4, -0.2) is 39.2 Å². The summed E-state index contributed by atoms with van der Waals surface area (Å²) in [6.07, 6.45) is 2.90. The molecule has 0 unspecified atom stereocenters. The summed E-state index contributed by atoms with van der Waals surface area (Å²) >= 11 is 0. The molecule has 1 saturated carbocycles. The molecule has 0 aliphatic heterocycles. The molecule has 1 fully saturated rings. The number of nitrogens with zero attached hydrogens (tertiary/aromatic N) is 4. The monoisotopic (exact) mass is 380 g/mol. The van der Waals surface area contributed by atoms with E-state index in [1.54, 1.807) is 12.1 Å². The topological polar surface area (TPSA) is 84.7 Å². The molecule has 7 nitrogen and oxygen atoms in total. The number of rotatable bonds is 8. The van der Waals surface area contributed by atoms with Crippen molar-refractivity contribution in [1.82, 2.24) is 25.5 Å². The molecule has 28 heavy (non-hydrogen) atoms. The number of amides is 1. The van der Waals surface area contributed by atoms with E-state index in [0.717, 1.165) is 35.5 Å². The molecule has 8 heteroatoms. The Kier molecular flexibility index (Phi) is 5.27. The Bertz CT molecular complexity index is 934. The van der Waals surface area contributed by atoms with Crippen molar-refractivity contribution >= 4 is 11.6 Å². The summed E-state index contributed by atoms with van der Waals surface area (Å²) in [5.74, 6) is 0.420. The van der Waals surface area contributed by atoms with E-state index in [0.29, 0.717) is 19.0 Å². The summed E-state index contributed by atoms with van der Waals surface area (Å²) in [6.45, 7) is 0.692. The lowest BCUT2D eigenvalue weighted by Crippen LogP contribution is -2.31. The van der Waals surface area contributed by atoms with Crippen LogP contribution in [0.4, 0.5) is 10.1 Å². The van der Waals surface area contributed by atoms with E-state index in [1.807, 2.05) is 28.9 Å². The first-order chi connectivity index (χ1) is 13.7. The quantitative estimate of drug-likeness (QED) is 0.627. The lowest BCUT2D eigenvalue weighted by atomic mass is 10.1. The fourth-order valence-corrected chi connectivity index (χ4v) is 2.93. The Balaban J connectivity index is 1.23. The first-order valence-electron chi connectivity index (χ1n) is 9.32. The average Bonchev–Trinajstić information content (AvgIpc) is 3.45. The second-order valence-corrected chi connectivity index (χ2v) is 6.84. The molecular weight excluding hydrogens is 359 g/mol. The summed E-state index contributed by atoms with van der Waals surface area (Å²) < 4.78 is 14.7. The standard InChI is InChI=1S/C20H21FN6O/c21-16-5-1-14(2-6-16)11-12-22-19(28)13-23-17-7-3-15(4-8-17)20-24-25-26-27(20)18-9-10-18/h1-8,18,23H,9-13H2,(H,22,28). The molecule has 1 aliphatic carbocycles. The van der Waals surface area contributed by atoms with Crippen LogP contribution < -0.4 is 10.6 Å². The second kappa shape index (κ2) is 8.16. The van der Waals surface area contributed by atoms with Gasteiger partial charge in [-0.2, -0.15) is 0 Å². The van der Waals surface area contributed by atoms with E-state index in [-0.39, 0.29) is 18.3 Å². The molecule has 1 aliphatic rings. The van der Waals surface area contributed by atoms with Crippen LogP contribution in [-0.2, 0) is 11.2 Å². The Morgan fingerprint density at radius 2 is 1.86 bits per heavy atom. The van der Waals surface area contributed by atoms with Crippen LogP contribution in [0.3, 0.4) is 0 Å². The molecule has 0 bridgehead atoms. The molecule has 3 aromatic rings. The third-order valence-corrected chi connectivity index (χ3v) is 4.63. The normalized spacial score (nSPS) is 13.3. The molecule has 0 atom stereocenters. The molecular formula is C20H21FN6O. The van der Waals surface area contributed by atoms with Crippen molar-refractivity contribution in [2.45, 2.75) is 25.3 Å². The van der Waals surface area contributed by atoms with Crippen molar-refractivity contribution in [3.8, 4) is 11.4 Å². The number of hydrogen-bond acceptors (Lipinski definition) is 5. The van der Waals surface area contributed by atoms with Crippen LogP contribution >= 0.6 is 0 Å². The number of carbonyl (C=O) groups excluding carboxylic acids is 1. The first kappa shape index (κ1) is 18.1. The Morgan fingerprint density at radius 1 is 1.11 bits per heavy atom. The van der Waals surface area contributed by atoms with Crippen LogP contribution in [0, 0.1) is 5.82 Å². The highest BCUT2D eigenvalue weighted by molar-refractivity contribution is 5.80. The summed E-state index contributed by atoms with van der Waals surface area (Å²) in [7, 11) is 0. The fourth-order valence-electron chi connectivity index (χ4n) is 2.93. The van der Waals surface area contributed by atoms with Gasteiger partial charge in [-0.15, -0.1) is 5.10 Å². The lowest BCUT2D eigenvalue weighted by Gasteiger charge is -2.09. The van der Waals surface area contributed by atoms with Crippen molar-refractivity contribution < 1.29 is 9.18 Å². The van der Waals surface area contributed by atoms with Crippen LogP contribution in [0.25, 0.3) is 11.4 Å². The highest BCUT2D eigenvalue weighted by Gasteiger charge is 2.28. The Labute approximate surface area is 162 Å². The minimum Gasteiger partial charge on any atom is -0.376 e. The van der Waals surface area contributed by atoms with E-state index in [9.17, 15) is 9.18 Å². The van der Waals surface area contributed by atoms with Crippen molar-refractivity contribution in [1.29, 1.82) is 0 Å². The number of nitrogens with one attached hydrogen (secondary N) is 2. The van der Waals surface area contributed by atoms with Crippen molar-refractivity contribution in [3.05, 3.63) is 59.9 Å². The van der Waals surface area contributed by atoms with Crippen LogP contribution in [0.2, 0.25) is 0 Å². The summed E-state index contributed by atoms with van der Waals surface area (Å²) in [5, 5.41) is 17.9. The van der Waals surface area contributed by atoms with Gasteiger partial charge < -0.3 is 10.6 Å². The van der Waals surface area contributed by atoms with E-state index in [2.05, 4.69) is 26.2 Å². The van der Waals surface area contributed by atoms with Gasteiger partial charge in [0.2, 0.25) is 5.91 Å². The van der Waals surface area contributed by atoms with Gasteiger partial charge in [-0.1, -0.05) is 12.1 Å². The molecule has 2 aromatic carbocycles. The van der Waals surface area contributed by atoms with Gasteiger partial charge in [-0.05, 0) is 71.7 Å². The molecule has 2 N–H and O–H groups in total. The minimum atomic E-state index is -0.257. The van der Waals surface area contributed by atoms with Crippen LogP contribution in [0.1, 0.15) is 24.4 Å². The van der Waals surface area contributed by atoms with Gasteiger partial charge in [0.1, 0.15) is 5.82 Å². The number of halogens is 1. The molecule has 1 aromatic heterocycles. The number of anilines is 1. The van der Waals surface area contributed by atoms with E-state index in [1.165, 1.54) is 12.1 Å². The molecule has 0 radical (unpaired) electrons. The number of benzene rings is 2. The lowest BCUT2D eigenvalue weighted by molar-refractivity contribution is -0.119. The van der Waals surface area contributed by atoms with Gasteiger partial charge in [0, 0.05) is 17.8 Å². The van der Waals surface area contributed by atoms with Gasteiger partial charge in [-0.3, -0.25) is 4.79 Å². The number of carbonyl (C=O) groups is 1. The molecule has 144 valence electrons. The SMILES string of the molecule is O=C(CNc1ccc(-c2nnnn2C2CC2)cc1)NCCc1ccc(F)cc1. The highest BCUT2D eigenvalue weighted by atomic mass is 19.1. The fraction of sp³-hybridized carbons (Fsp3) is 0.300. The molecule has 0 saturated heterocycles. The molecule has 0 spiro atoms. The Hall–Kier alpha value is -3.29. The van der Waals surface area contributed by atoms with Crippen molar-refractivity contribution in [2.24, 2.45) is 0 Å². The zero-order valence-electron chi connectivity index (χ0n) is 15.3. The maximum Gasteiger partial charge on any atom is 0.239 e. The van der Waals surface area contributed by atoms with Crippen molar-refractivity contribution in [2.75, 3.05) is 18.4 Å². The summed E-state index contributed by atoms with van der Waals surface area (Å²) in [4.78, 5) is 12.0. The van der Waals surface area contributed by atoms with Gasteiger partial charge in [0.15, 0.2) is 5.82 Å². The Morgan fingerprint density at radius 3 is 2.57 bits per heavy atom. The van der Waals surface area contributed by atoms with Crippen LogP contribution in [0.15, 0.2) is 48.5 Å². The predicted molar refractivity (Wildman–Crippen MR) is 103 cm³/mol. The summed E-state index contributed by atoms with van der Waals surface area (Å²) in [6, 6.07) is 14.4. The largest absolute Gasteiger partial charge is 0.376 e. The molecule has 1 heterocycles. The number of hydrogen-bond donors (Lipinski definition) is 2. The highest BCUT2D eigenvalue weighted by Crippen LogP contribution is 2.36. The zero-order chi connectivity index (χ0) is 19.3. The van der Waals surface area contributed by atoms with E-state index < -0.39 is 0 Å². The van der Waals surface area contributed by atoms with Gasteiger partial charge in [0.25, 0.3) is 0 Å². The van der Waals surface area contributed by atoms with Crippen LogP contribution in [0.5, 0.6) is 0 Å². The third-order valence-electron chi connectivity index (χ3n) is 4.63. The molecule has 1 amide bonds. The van der Waals surface area contributed by atoms with Crippen molar-refractivity contribution in [3.63, 3.8) is 0 Å². The zero-order valence-corrected chi connectivity index (χ0v) is 15.3. The van der Waals surface area contributed by atoms with E-state index in [4.69, 9.17) is 0 Å². The van der Waals surface area contributed by atoms with E-state index >= 15 is 0 Å². The second-order valence-electron chi connectivity index (χ2n) is 6.84. The average molecular weight is 380 g/mol. The summed E-state index contributed by atoms with van der Waals surface area (Å²) in [5.41, 5.74) is 2.79. The smallest absolute Gasteiger partial charge is 0.239 e. The van der Waals surface area contributed by atoms with Gasteiger partial charge >= 0.3 is 0 Å².